The van der Waals surface area contributed by atoms with Gasteiger partial charge in [0, 0.05) is 5.56 Å². The number of imide groups is 1. The fourth-order valence-electron chi connectivity index (χ4n) is 4.51. The van der Waals surface area contributed by atoms with Crippen molar-refractivity contribution in [2.24, 2.45) is 11.8 Å². The van der Waals surface area contributed by atoms with Gasteiger partial charge in [0.2, 0.25) is 17.7 Å². The summed E-state index contributed by atoms with van der Waals surface area (Å²) in [7, 11) is 1.60. The zero-order valence-electron chi connectivity index (χ0n) is 17.3. The summed E-state index contributed by atoms with van der Waals surface area (Å²) < 4.78 is 5.40. The second kappa shape index (κ2) is 9.65. The number of amides is 3. The van der Waals surface area contributed by atoms with Crippen LogP contribution >= 0.6 is 11.8 Å². The van der Waals surface area contributed by atoms with E-state index in [-0.39, 0.29) is 35.6 Å². The lowest BCUT2D eigenvalue weighted by Gasteiger charge is -2.27. The van der Waals surface area contributed by atoms with E-state index in [1.807, 2.05) is 37.4 Å². The second-order valence-electron chi connectivity index (χ2n) is 7.81. The number of fused-ring (bicyclic) bond motifs is 1. The van der Waals surface area contributed by atoms with Crippen molar-refractivity contribution in [1.29, 1.82) is 0 Å². The molecular formula is C22H30N2O4S. The van der Waals surface area contributed by atoms with Gasteiger partial charge in [-0.05, 0) is 44.3 Å². The maximum Gasteiger partial charge on any atom is 0.243 e. The summed E-state index contributed by atoms with van der Waals surface area (Å²) in [6.45, 7) is 1.88. The third kappa shape index (κ3) is 4.44. The van der Waals surface area contributed by atoms with E-state index in [4.69, 9.17) is 4.74 Å². The predicted octanol–water partition coefficient (Wildman–Crippen LogP) is 3.17. The summed E-state index contributed by atoms with van der Waals surface area (Å²) in [6, 6.07) is 6.46. The van der Waals surface area contributed by atoms with Gasteiger partial charge in [0.15, 0.2) is 0 Å². The Hall–Kier alpha value is -2.02. The standard InChI is InChI=1S/C22H30N2O4S/c1-14(15-8-6-7-11-19(15)28-2)23-20(25)18(12-13-29-3)24-21(26)16-9-4-5-10-17(16)22(24)27/h6-8,11,14,16-18H,4-5,9-10,12-13H2,1-3H3,(H,23,25). The van der Waals surface area contributed by atoms with Gasteiger partial charge in [0.05, 0.1) is 25.0 Å². The molecule has 1 heterocycles. The maximum atomic E-state index is 13.2. The predicted molar refractivity (Wildman–Crippen MR) is 114 cm³/mol. The lowest BCUT2D eigenvalue weighted by atomic mass is 9.81. The number of thioether (sulfide) groups is 1. The Morgan fingerprint density at radius 2 is 1.83 bits per heavy atom. The van der Waals surface area contributed by atoms with Crippen molar-refractivity contribution in [3.63, 3.8) is 0 Å². The number of ether oxygens (including phenoxy) is 1. The van der Waals surface area contributed by atoms with E-state index in [0.717, 1.165) is 31.2 Å². The molecule has 0 radical (unpaired) electrons. The zero-order chi connectivity index (χ0) is 21.0. The topological polar surface area (TPSA) is 75.7 Å². The summed E-state index contributed by atoms with van der Waals surface area (Å²) in [5, 5.41) is 3.00. The lowest BCUT2D eigenvalue weighted by molar-refractivity contribution is -0.148. The normalized spacial score (nSPS) is 23.5. The van der Waals surface area contributed by atoms with Crippen LogP contribution in [0.5, 0.6) is 5.75 Å². The Morgan fingerprint density at radius 3 is 2.41 bits per heavy atom. The first-order valence-electron chi connectivity index (χ1n) is 10.3. The number of likely N-dealkylation sites (tertiary alicyclic amines) is 1. The number of carbonyl (C=O) groups excluding carboxylic acids is 3. The van der Waals surface area contributed by atoms with Crippen LogP contribution in [0.3, 0.4) is 0 Å². The van der Waals surface area contributed by atoms with Crippen LogP contribution in [0, 0.1) is 11.8 Å². The number of nitrogens with one attached hydrogen (secondary N) is 1. The van der Waals surface area contributed by atoms with Crippen LogP contribution in [0.1, 0.15) is 50.6 Å². The summed E-state index contributed by atoms with van der Waals surface area (Å²) in [4.78, 5) is 40.5. The van der Waals surface area contributed by atoms with Crippen molar-refractivity contribution in [2.75, 3.05) is 19.1 Å². The van der Waals surface area contributed by atoms with Crippen molar-refractivity contribution < 1.29 is 19.1 Å². The van der Waals surface area contributed by atoms with E-state index in [1.54, 1.807) is 18.9 Å². The van der Waals surface area contributed by atoms with E-state index >= 15 is 0 Å². The number of hydrogen-bond donors (Lipinski definition) is 1. The molecule has 7 heteroatoms. The van der Waals surface area contributed by atoms with Crippen LogP contribution in [-0.2, 0) is 14.4 Å². The minimum atomic E-state index is -0.759. The number of hydrogen-bond acceptors (Lipinski definition) is 5. The number of nitrogens with zero attached hydrogens (tertiary/aromatic N) is 1. The highest BCUT2D eigenvalue weighted by atomic mass is 32.2. The largest absolute Gasteiger partial charge is 0.496 e. The monoisotopic (exact) mass is 418 g/mol. The molecule has 3 rings (SSSR count). The fourth-order valence-corrected chi connectivity index (χ4v) is 4.97. The van der Waals surface area contributed by atoms with Crippen molar-refractivity contribution in [1.82, 2.24) is 10.2 Å². The molecule has 158 valence electrons. The summed E-state index contributed by atoms with van der Waals surface area (Å²) in [6.07, 6.45) is 5.86. The van der Waals surface area contributed by atoms with E-state index in [0.29, 0.717) is 17.9 Å². The van der Waals surface area contributed by atoms with Crippen LogP contribution in [0.25, 0.3) is 0 Å². The van der Waals surface area contributed by atoms with E-state index < -0.39 is 6.04 Å². The Balaban J connectivity index is 1.80. The van der Waals surface area contributed by atoms with Gasteiger partial charge in [0.1, 0.15) is 11.8 Å². The molecule has 3 amide bonds. The van der Waals surface area contributed by atoms with E-state index in [2.05, 4.69) is 5.32 Å². The number of carbonyl (C=O) groups is 3. The fraction of sp³-hybridized carbons (Fsp3) is 0.591. The first-order valence-corrected chi connectivity index (χ1v) is 11.7. The van der Waals surface area contributed by atoms with Gasteiger partial charge >= 0.3 is 0 Å². The molecule has 0 spiro atoms. The zero-order valence-corrected chi connectivity index (χ0v) is 18.2. The van der Waals surface area contributed by atoms with Crippen molar-refractivity contribution in [3.05, 3.63) is 29.8 Å². The van der Waals surface area contributed by atoms with Gasteiger partial charge in [-0.3, -0.25) is 19.3 Å². The molecule has 29 heavy (non-hydrogen) atoms. The van der Waals surface area contributed by atoms with Crippen LogP contribution in [0.15, 0.2) is 24.3 Å². The lowest BCUT2D eigenvalue weighted by Crippen LogP contribution is -2.50. The van der Waals surface area contributed by atoms with E-state index in [1.165, 1.54) is 4.90 Å². The first kappa shape index (κ1) is 21.7. The van der Waals surface area contributed by atoms with Crippen LogP contribution in [0.2, 0.25) is 0 Å². The van der Waals surface area contributed by atoms with Gasteiger partial charge in [0.25, 0.3) is 0 Å². The SMILES string of the molecule is COc1ccccc1C(C)NC(=O)C(CCSC)N1C(=O)C2CCCCC2C1=O. The molecule has 1 aromatic rings. The molecule has 2 fully saturated rings. The Kier molecular flexibility index (Phi) is 7.22. The molecule has 6 nitrogen and oxygen atoms in total. The molecule has 1 saturated carbocycles. The second-order valence-corrected chi connectivity index (χ2v) is 8.80. The molecule has 1 aliphatic carbocycles. The van der Waals surface area contributed by atoms with Gasteiger partial charge in [-0.15, -0.1) is 0 Å². The molecule has 2 aliphatic rings. The molecule has 0 aromatic heterocycles. The Labute approximate surface area is 176 Å². The third-order valence-electron chi connectivity index (χ3n) is 6.05. The molecule has 0 bridgehead atoms. The number of para-hydroxylation sites is 1. The van der Waals surface area contributed by atoms with Crippen LogP contribution < -0.4 is 10.1 Å². The van der Waals surface area contributed by atoms with Crippen LogP contribution in [-0.4, -0.2) is 47.8 Å². The first-order chi connectivity index (χ1) is 14.0. The molecule has 1 aromatic carbocycles. The number of benzene rings is 1. The quantitative estimate of drug-likeness (QED) is 0.657. The van der Waals surface area contributed by atoms with Gasteiger partial charge < -0.3 is 10.1 Å². The highest BCUT2D eigenvalue weighted by Gasteiger charge is 2.51. The molecule has 1 aliphatic heterocycles. The smallest absolute Gasteiger partial charge is 0.243 e. The average molecular weight is 419 g/mol. The van der Waals surface area contributed by atoms with Crippen molar-refractivity contribution in [3.8, 4) is 5.75 Å². The third-order valence-corrected chi connectivity index (χ3v) is 6.69. The maximum absolute atomic E-state index is 13.2. The molecule has 4 atom stereocenters. The van der Waals surface area contributed by atoms with Crippen molar-refractivity contribution >= 4 is 29.5 Å². The molecular weight excluding hydrogens is 388 g/mol. The van der Waals surface area contributed by atoms with E-state index in [9.17, 15) is 14.4 Å². The molecule has 1 N–H and O–H groups in total. The van der Waals surface area contributed by atoms with Gasteiger partial charge in [-0.1, -0.05) is 31.0 Å². The molecule has 4 unspecified atom stereocenters. The Morgan fingerprint density at radius 1 is 1.21 bits per heavy atom. The number of methoxy groups -OCH3 is 1. The summed E-state index contributed by atoms with van der Waals surface area (Å²) in [5.74, 6) is 0.308. The Bertz CT molecular complexity index is 745. The summed E-state index contributed by atoms with van der Waals surface area (Å²) in [5.41, 5.74) is 0.861. The van der Waals surface area contributed by atoms with Crippen molar-refractivity contribution in [2.45, 2.75) is 51.1 Å². The average Bonchev–Trinajstić information content (AvgIpc) is 2.99. The number of rotatable bonds is 8. The summed E-state index contributed by atoms with van der Waals surface area (Å²) >= 11 is 1.61. The highest BCUT2D eigenvalue weighted by Crippen LogP contribution is 2.39. The highest BCUT2D eigenvalue weighted by molar-refractivity contribution is 7.98. The minimum absolute atomic E-state index is 0.161. The van der Waals surface area contributed by atoms with Gasteiger partial charge in [-0.25, -0.2) is 0 Å². The molecule has 1 saturated heterocycles. The van der Waals surface area contributed by atoms with Crippen LogP contribution in [0.4, 0.5) is 0 Å². The minimum Gasteiger partial charge on any atom is -0.496 e. The van der Waals surface area contributed by atoms with Gasteiger partial charge in [-0.2, -0.15) is 11.8 Å².